The highest BCUT2D eigenvalue weighted by Gasteiger charge is 2.29. The summed E-state index contributed by atoms with van der Waals surface area (Å²) < 4.78 is 0. The summed E-state index contributed by atoms with van der Waals surface area (Å²) in [6, 6.07) is 15.7. The molecule has 3 aromatic rings. The van der Waals surface area contributed by atoms with Gasteiger partial charge in [-0.25, -0.2) is 9.97 Å². The Morgan fingerprint density at radius 2 is 1.61 bits per heavy atom. The number of aromatic nitrogens is 2. The average molecular weight is 419 g/mol. The van der Waals surface area contributed by atoms with E-state index in [0.29, 0.717) is 18.9 Å². The van der Waals surface area contributed by atoms with Crippen molar-refractivity contribution in [3.8, 4) is 0 Å². The number of benzene rings is 2. The summed E-state index contributed by atoms with van der Waals surface area (Å²) in [6.45, 7) is 7.03. The molecule has 0 amide bonds. The molecule has 2 N–H and O–H groups in total. The summed E-state index contributed by atoms with van der Waals surface area (Å²) in [5, 5.41) is 11.9. The first-order valence-corrected chi connectivity index (χ1v) is 10.2. The van der Waals surface area contributed by atoms with Gasteiger partial charge in [-0.1, -0.05) is 30.3 Å². The van der Waals surface area contributed by atoms with Crippen LogP contribution in [0.15, 0.2) is 54.9 Å². The number of hydrogen-bond donors (Lipinski definition) is 2. The number of nitrogens with zero attached hydrogens (tertiary/aromatic N) is 5. The molecule has 0 aliphatic carbocycles. The Labute approximate surface area is 180 Å². The van der Waals surface area contributed by atoms with Gasteiger partial charge in [-0.15, -0.1) is 0 Å². The zero-order chi connectivity index (χ0) is 21.8. The van der Waals surface area contributed by atoms with Gasteiger partial charge in [0, 0.05) is 31.9 Å². The van der Waals surface area contributed by atoms with Crippen LogP contribution in [-0.4, -0.2) is 41.1 Å². The van der Waals surface area contributed by atoms with E-state index in [2.05, 4.69) is 57.8 Å². The third kappa shape index (κ3) is 4.35. The van der Waals surface area contributed by atoms with E-state index in [1.807, 2.05) is 35.2 Å². The first kappa shape index (κ1) is 20.4. The normalized spacial score (nSPS) is 13.7. The van der Waals surface area contributed by atoms with Crippen molar-refractivity contribution >= 4 is 28.7 Å². The van der Waals surface area contributed by atoms with Gasteiger partial charge in [0.1, 0.15) is 6.33 Å². The largest absolute Gasteiger partial charge is 0.368 e. The van der Waals surface area contributed by atoms with Gasteiger partial charge < -0.3 is 9.80 Å². The van der Waals surface area contributed by atoms with Crippen LogP contribution in [0, 0.1) is 24.0 Å². The molecule has 2 heterocycles. The van der Waals surface area contributed by atoms with Crippen molar-refractivity contribution in [1.82, 2.24) is 9.97 Å². The maximum atomic E-state index is 11.9. The highest BCUT2D eigenvalue weighted by molar-refractivity contribution is 5.72. The van der Waals surface area contributed by atoms with Gasteiger partial charge in [0.05, 0.1) is 10.6 Å². The molecule has 1 fully saturated rings. The molecule has 0 saturated carbocycles. The summed E-state index contributed by atoms with van der Waals surface area (Å²) in [5.41, 5.74) is 10.2. The molecule has 2 aromatic carbocycles. The van der Waals surface area contributed by atoms with Gasteiger partial charge in [-0.3, -0.25) is 21.0 Å². The smallest absolute Gasteiger partial charge is 0.355 e. The standard InChI is InChI=1S/C22H25N7O2/c1-16-7-6-10-19(17(16)2)27-11-13-28(14-12-27)22-20(29(30)31)21(23-15-24-22)26-25-18-8-4-3-5-9-18/h3-10,15,25H,11-14H2,1-2H3,(H,23,24,26). The van der Waals surface area contributed by atoms with Crippen LogP contribution < -0.4 is 20.7 Å². The van der Waals surface area contributed by atoms with Crippen LogP contribution in [0.2, 0.25) is 0 Å². The number of hydrazine groups is 1. The first-order valence-electron chi connectivity index (χ1n) is 10.2. The van der Waals surface area contributed by atoms with E-state index in [1.165, 1.54) is 23.1 Å². The van der Waals surface area contributed by atoms with Crippen molar-refractivity contribution in [3.63, 3.8) is 0 Å². The van der Waals surface area contributed by atoms with Crippen molar-refractivity contribution in [3.05, 3.63) is 76.1 Å². The number of nitrogens with one attached hydrogen (secondary N) is 2. The highest BCUT2D eigenvalue weighted by Crippen LogP contribution is 2.33. The van der Waals surface area contributed by atoms with Crippen LogP contribution in [0.5, 0.6) is 0 Å². The number of anilines is 4. The number of aryl methyl sites for hydroxylation is 1. The van der Waals surface area contributed by atoms with Crippen LogP contribution in [0.4, 0.5) is 28.7 Å². The number of para-hydroxylation sites is 1. The maximum Gasteiger partial charge on any atom is 0.355 e. The highest BCUT2D eigenvalue weighted by atomic mass is 16.6. The quantitative estimate of drug-likeness (QED) is 0.460. The molecular formula is C22H25N7O2. The predicted octanol–water partition coefficient (Wildman–Crippen LogP) is 3.77. The molecule has 0 radical (unpaired) electrons. The van der Waals surface area contributed by atoms with Crippen molar-refractivity contribution < 1.29 is 4.92 Å². The van der Waals surface area contributed by atoms with Crippen LogP contribution in [0.3, 0.4) is 0 Å². The first-order chi connectivity index (χ1) is 15.0. The van der Waals surface area contributed by atoms with Crippen molar-refractivity contribution in [2.45, 2.75) is 13.8 Å². The Bertz CT molecular complexity index is 1070. The van der Waals surface area contributed by atoms with E-state index in [-0.39, 0.29) is 11.5 Å². The summed E-state index contributed by atoms with van der Waals surface area (Å²) in [7, 11) is 0. The molecule has 4 rings (SSSR count). The lowest BCUT2D eigenvalue weighted by Crippen LogP contribution is -2.47. The van der Waals surface area contributed by atoms with E-state index in [0.717, 1.165) is 18.8 Å². The second-order valence-corrected chi connectivity index (χ2v) is 7.46. The van der Waals surface area contributed by atoms with Gasteiger partial charge in [-0.05, 0) is 43.2 Å². The lowest BCUT2D eigenvalue weighted by molar-refractivity contribution is -0.383. The van der Waals surface area contributed by atoms with Crippen molar-refractivity contribution in [1.29, 1.82) is 0 Å². The van der Waals surface area contributed by atoms with Crippen LogP contribution >= 0.6 is 0 Å². The Morgan fingerprint density at radius 1 is 0.903 bits per heavy atom. The summed E-state index contributed by atoms with van der Waals surface area (Å²) in [6.07, 6.45) is 1.36. The fourth-order valence-electron chi connectivity index (χ4n) is 3.75. The molecule has 9 heteroatoms. The number of piperazine rings is 1. The van der Waals surface area contributed by atoms with Crippen LogP contribution in [0.1, 0.15) is 11.1 Å². The summed E-state index contributed by atoms with van der Waals surface area (Å²) in [5.74, 6) is 0.466. The van der Waals surface area contributed by atoms with Gasteiger partial charge in [0.25, 0.3) is 0 Å². The van der Waals surface area contributed by atoms with E-state index >= 15 is 0 Å². The minimum Gasteiger partial charge on any atom is -0.368 e. The minimum atomic E-state index is -0.429. The second-order valence-electron chi connectivity index (χ2n) is 7.46. The molecular weight excluding hydrogens is 394 g/mol. The Hall–Kier alpha value is -3.88. The second kappa shape index (κ2) is 8.86. The lowest BCUT2D eigenvalue weighted by atomic mass is 10.1. The molecule has 0 unspecified atom stereocenters. The van der Waals surface area contributed by atoms with Crippen LogP contribution in [-0.2, 0) is 0 Å². The molecule has 1 aliphatic rings. The summed E-state index contributed by atoms with van der Waals surface area (Å²) >= 11 is 0. The third-order valence-corrected chi connectivity index (χ3v) is 5.58. The monoisotopic (exact) mass is 419 g/mol. The fraction of sp³-hybridized carbons (Fsp3) is 0.273. The van der Waals surface area contributed by atoms with Gasteiger partial charge >= 0.3 is 5.69 Å². The van der Waals surface area contributed by atoms with Gasteiger partial charge in [0.15, 0.2) is 0 Å². The SMILES string of the molecule is Cc1cccc(N2CCN(c3ncnc(NNc4ccccc4)c3[N+](=O)[O-])CC2)c1C. The van der Waals surface area contributed by atoms with Crippen LogP contribution in [0.25, 0.3) is 0 Å². The van der Waals surface area contributed by atoms with E-state index in [1.54, 1.807) is 0 Å². The zero-order valence-corrected chi connectivity index (χ0v) is 17.6. The molecule has 0 bridgehead atoms. The fourth-order valence-corrected chi connectivity index (χ4v) is 3.75. The molecule has 1 saturated heterocycles. The molecule has 0 spiro atoms. The number of hydrogen-bond acceptors (Lipinski definition) is 8. The van der Waals surface area contributed by atoms with E-state index in [4.69, 9.17) is 0 Å². The molecule has 9 nitrogen and oxygen atoms in total. The zero-order valence-electron chi connectivity index (χ0n) is 17.6. The number of nitro groups is 1. The molecule has 1 aromatic heterocycles. The molecule has 0 atom stereocenters. The van der Waals surface area contributed by atoms with Gasteiger partial charge in [0.2, 0.25) is 11.6 Å². The molecule has 1 aliphatic heterocycles. The van der Waals surface area contributed by atoms with E-state index < -0.39 is 4.92 Å². The van der Waals surface area contributed by atoms with E-state index in [9.17, 15) is 10.1 Å². The molecule has 31 heavy (non-hydrogen) atoms. The topological polar surface area (TPSA) is 99.5 Å². The lowest BCUT2D eigenvalue weighted by Gasteiger charge is -2.37. The van der Waals surface area contributed by atoms with Gasteiger partial charge in [-0.2, -0.15) is 0 Å². The van der Waals surface area contributed by atoms with Crippen molar-refractivity contribution in [2.75, 3.05) is 46.8 Å². The van der Waals surface area contributed by atoms with Crippen molar-refractivity contribution in [2.24, 2.45) is 0 Å². The maximum absolute atomic E-state index is 11.9. The average Bonchev–Trinajstić information content (AvgIpc) is 2.80. The Balaban J connectivity index is 1.52. The third-order valence-electron chi connectivity index (χ3n) is 5.58. The predicted molar refractivity (Wildman–Crippen MR) is 123 cm³/mol. The molecule has 160 valence electrons. The minimum absolute atomic E-state index is 0.133. The Kier molecular flexibility index (Phi) is 5.83. The number of rotatable bonds is 6. The Morgan fingerprint density at radius 3 is 2.32 bits per heavy atom. The summed E-state index contributed by atoms with van der Waals surface area (Å²) in [4.78, 5) is 24.1.